The largest absolute Gasteiger partial charge is 0.214 e. The number of hydrogen-bond acceptors (Lipinski definition) is 0. The van der Waals surface area contributed by atoms with Crippen molar-refractivity contribution in [1.29, 1.82) is 0 Å². The van der Waals surface area contributed by atoms with Crippen molar-refractivity contribution < 1.29 is 18.0 Å². The Morgan fingerprint density at radius 1 is 0.957 bits per heavy atom. The molecule has 0 saturated heterocycles. The average molecular weight is 443 g/mol. The molecule has 0 N–H and O–H groups in total. The quantitative estimate of drug-likeness (QED) is 0.258. The summed E-state index contributed by atoms with van der Waals surface area (Å²) in [5, 5.41) is 2.82. The standard InChI is InChI=1S/C12H13.C5H5.C2H6Si.2ClH.Zr/c1-8-6-11-9(2)4-5-10(3)12(11)7-8;1-2-4-5-3-1;1-3-2;;;/h4-7H,1-3H3;1-5H;1-2H3;2*1H;/q2*-1;;;;+2/p-2. The van der Waals surface area contributed by atoms with Gasteiger partial charge in [-0.1, -0.05) is 25.5 Å². The van der Waals surface area contributed by atoms with Crippen LogP contribution in [0.5, 0.6) is 0 Å². The minimum Gasteiger partial charge on any atom is -0.214 e. The molecule has 0 amide bonds. The average Bonchev–Trinajstić information content (AvgIpc) is 3.16. The summed E-state index contributed by atoms with van der Waals surface area (Å²) < 4.78 is 0. The molecule has 4 heteroatoms. The SMILES string of the molecule is C[Si](C)=[Zr]([Cl])[Cl].Cc1cc2c(C)ccc(C)c2[cH-]1.c1cc[cH-]c1. The van der Waals surface area contributed by atoms with E-state index >= 15 is 0 Å². The van der Waals surface area contributed by atoms with Gasteiger partial charge in [0.05, 0.1) is 0 Å². The van der Waals surface area contributed by atoms with Crippen molar-refractivity contribution in [1.82, 2.24) is 0 Å². The first kappa shape index (κ1) is 20.9. The van der Waals surface area contributed by atoms with Gasteiger partial charge in [0.2, 0.25) is 0 Å². The van der Waals surface area contributed by atoms with E-state index < -0.39 is 18.0 Å². The van der Waals surface area contributed by atoms with E-state index in [4.69, 9.17) is 17.0 Å². The molecule has 3 aromatic carbocycles. The number of benzene rings is 1. The Bertz CT molecular complexity index is 681. The van der Waals surface area contributed by atoms with E-state index in [-0.39, 0.29) is 5.43 Å². The first-order chi connectivity index (χ1) is 10.8. The number of rotatable bonds is 0. The van der Waals surface area contributed by atoms with Crippen molar-refractivity contribution in [3.63, 3.8) is 0 Å². The van der Waals surface area contributed by atoms with Crippen molar-refractivity contribution in [3.8, 4) is 0 Å². The monoisotopic (exact) mass is 440 g/mol. The molecule has 0 aliphatic heterocycles. The van der Waals surface area contributed by atoms with Crippen LogP contribution in [0, 0.1) is 20.8 Å². The van der Waals surface area contributed by atoms with Crippen LogP contribution in [0.15, 0.2) is 54.6 Å². The predicted octanol–water partition coefficient (Wildman–Crippen LogP) is 7.05. The van der Waals surface area contributed by atoms with Crippen LogP contribution in [0.3, 0.4) is 0 Å². The van der Waals surface area contributed by atoms with Crippen molar-refractivity contribution in [3.05, 3.63) is 71.3 Å². The molecular weight excluding hydrogens is 418 g/mol. The summed E-state index contributed by atoms with van der Waals surface area (Å²) in [5.74, 6) is 0. The van der Waals surface area contributed by atoms with E-state index in [9.17, 15) is 0 Å². The van der Waals surface area contributed by atoms with Crippen molar-refractivity contribution in [2.75, 3.05) is 0 Å². The molecule has 0 aliphatic carbocycles. The third-order valence-corrected chi connectivity index (χ3v) is 23.1. The van der Waals surface area contributed by atoms with Crippen LogP contribution >= 0.6 is 17.0 Å². The summed E-state index contributed by atoms with van der Waals surface area (Å²) in [5.41, 5.74) is 3.90. The third-order valence-electron chi connectivity index (χ3n) is 3.40. The van der Waals surface area contributed by atoms with Crippen LogP contribution in [0.1, 0.15) is 16.7 Å². The van der Waals surface area contributed by atoms with Crippen LogP contribution < -0.4 is 0 Å². The second-order valence-electron chi connectivity index (χ2n) is 5.78. The summed E-state index contributed by atoms with van der Waals surface area (Å²) in [4.78, 5) is 0. The van der Waals surface area contributed by atoms with Crippen molar-refractivity contribution >= 4 is 33.2 Å². The molecule has 0 unspecified atom stereocenters. The normalized spacial score (nSPS) is 9.52. The Kier molecular flexibility index (Phi) is 9.70. The van der Waals surface area contributed by atoms with Gasteiger partial charge >= 0.3 is 53.5 Å². The van der Waals surface area contributed by atoms with Gasteiger partial charge in [0.15, 0.2) is 0 Å². The molecule has 124 valence electrons. The summed E-state index contributed by atoms with van der Waals surface area (Å²) in [6.07, 6.45) is 0. The summed E-state index contributed by atoms with van der Waals surface area (Å²) in [7, 11) is 11.2. The zero-order valence-electron chi connectivity index (χ0n) is 14.5. The second-order valence-corrected chi connectivity index (χ2v) is 28.8. The zero-order valence-corrected chi connectivity index (χ0v) is 19.4. The molecular formula is C19H24Cl2SiZr-2. The molecule has 0 bridgehead atoms. The van der Waals surface area contributed by atoms with Gasteiger partial charge in [-0.05, 0) is 6.92 Å². The fraction of sp³-hybridized carbons (Fsp3) is 0.263. The van der Waals surface area contributed by atoms with Gasteiger partial charge < -0.3 is 0 Å². The summed E-state index contributed by atoms with van der Waals surface area (Å²) in [6.45, 7) is 10.8. The van der Waals surface area contributed by atoms with E-state index in [1.54, 1.807) is 0 Å². The molecule has 0 radical (unpaired) electrons. The minimum absolute atomic E-state index is 0.224. The van der Waals surface area contributed by atoms with E-state index in [1.807, 2.05) is 30.3 Å². The van der Waals surface area contributed by atoms with Crippen LogP contribution in [-0.4, -0.2) is 5.43 Å². The maximum absolute atomic E-state index is 5.62. The summed E-state index contributed by atoms with van der Waals surface area (Å²) >= 11 is -1.65. The second kappa shape index (κ2) is 10.7. The topological polar surface area (TPSA) is 0 Å². The number of aryl methyl sites for hydroxylation is 3. The van der Waals surface area contributed by atoms with E-state index in [0.29, 0.717) is 0 Å². The van der Waals surface area contributed by atoms with Crippen LogP contribution in [0.4, 0.5) is 0 Å². The van der Waals surface area contributed by atoms with E-state index in [2.05, 4.69) is 58.1 Å². The maximum Gasteiger partial charge on any atom is -0.0488 e. The van der Waals surface area contributed by atoms with Gasteiger partial charge in [-0.15, -0.1) is 34.0 Å². The zero-order chi connectivity index (χ0) is 17.4. The number of fused-ring (bicyclic) bond motifs is 1. The van der Waals surface area contributed by atoms with Gasteiger partial charge in [0.1, 0.15) is 0 Å². The van der Waals surface area contributed by atoms with Gasteiger partial charge in [0, 0.05) is 0 Å². The van der Waals surface area contributed by atoms with Crippen molar-refractivity contribution in [2.45, 2.75) is 33.9 Å². The molecule has 0 fully saturated rings. The maximum atomic E-state index is 5.62. The Labute approximate surface area is 155 Å². The van der Waals surface area contributed by atoms with Gasteiger partial charge in [-0.3, -0.25) is 0 Å². The molecule has 0 spiro atoms. The Balaban J connectivity index is 0.000000202. The molecule has 0 saturated carbocycles. The summed E-state index contributed by atoms with van der Waals surface area (Å²) in [6, 6.07) is 18.9. The fourth-order valence-corrected chi connectivity index (χ4v) is 2.06. The first-order valence-corrected chi connectivity index (χ1v) is 20.1. The molecule has 3 rings (SSSR count). The molecule has 0 atom stereocenters. The van der Waals surface area contributed by atoms with E-state index in [0.717, 1.165) is 0 Å². The molecule has 0 nitrogen and oxygen atoms in total. The van der Waals surface area contributed by atoms with Crippen LogP contribution in [-0.2, 0) is 18.0 Å². The van der Waals surface area contributed by atoms with Crippen LogP contribution in [0.2, 0.25) is 13.1 Å². The van der Waals surface area contributed by atoms with Crippen molar-refractivity contribution in [2.24, 2.45) is 0 Å². The Morgan fingerprint density at radius 3 is 1.87 bits per heavy atom. The number of hydrogen-bond donors (Lipinski definition) is 0. The molecule has 23 heavy (non-hydrogen) atoms. The Morgan fingerprint density at radius 2 is 1.48 bits per heavy atom. The minimum atomic E-state index is -1.65. The predicted molar refractivity (Wildman–Crippen MR) is 105 cm³/mol. The molecule has 0 aromatic heterocycles. The smallest absolute Gasteiger partial charge is 0.0488 e. The molecule has 3 aromatic rings. The molecule has 0 aliphatic rings. The Hall–Kier alpha value is -0.140. The van der Waals surface area contributed by atoms with E-state index in [1.165, 1.54) is 27.5 Å². The van der Waals surface area contributed by atoms with Gasteiger partial charge in [-0.2, -0.15) is 24.3 Å². The third kappa shape index (κ3) is 7.52. The first-order valence-electron chi connectivity index (χ1n) is 7.61. The van der Waals surface area contributed by atoms with Gasteiger partial charge in [-0.25, -0.2) is 12.1 Å². The number of halogens is 2. The van der Waals surface area contributed by atoms with Gasteiger partial charge in [0.25, 0.3) is 0 Å². The van der Waals surface area contributed by atoms with Crippen LogP contribution in [0.25, 0.3) is 10.8 Å². The molecule has 0 heterocycles. The fourth-order valence-electron chi connectivity index (χ4n) is 2.06.